The molecule has 1 aromatic carbocycles. The first-order valence-corrected chi connectivity index (χ1v) is 8.43. The largest absolute Gasteiger partial charge is 0.493 e. The van der Waals surface area contributed by atoms with Crippen molar-refractivity contribution in [3.63, 3.8) is 0 Å². The Morgan fingerprint density at radius 1 is 1.00 bits per heavy atom. The van der Waals surface area contributed by atoms with Gasteiger partial charge in [0.1, 0.15) is 5.82 Å². The molecule has 0 spiro atoms. The van der Waals surface area contributed by atoms with E-state index < -0.39 is 0 Å². The molecule has 2 aromatic rings. The van der Waals surface area contributed by atoms with Gasteiger partial charge in [-0.1, -0.05) is 0 Å². The molecule has 3 N–H and O–H groups in total. The second kappa shape index (κ2) is 7.65. The first-order valence-electron chi connectivity index (χ1n) is 8.43. The Hall–Kier alpha value is -2.74. The predicted octanol–water partition coefficient (Wildman–Crippen LogP) is 1.71. The van der Waals surface area contributed by atoms with Crippen LogP contribution in [0.4, 0.5) is 11.8 Å². The molecule has 0 saturated carbocycles. The first kappa shape index (κ1) is 18.1. The fourth-order valence-electron chi connectivity index (χ4n) is 3.09. The van der Waals surface area contributed by atoms with E-state index in [9.17, 15) is 5.11 Å². The molecule has 26 heavy (non-hydrogen) atoms. The number of aliphatic hydroxyl groups excluding tert-OH is 1. The van der Waals surface area contributed by atoms with E-state index in [-0.39, 0.29) is 12.1 Å². The first-order chi connectivity index (χ1) is 12.5. The number of benzene rings is 1. The van der Waals surface area contributed by atoms with Crippen molar-refractivity contribution in [2.75, 3.05) is 45.1 Å². The quantitative estimate of drug-likeness (QED) is 0.831. The van der Waals surface area contributed by atoms with Gasteiger partial charge in [-0.05, 0) is 25.0 Å². The molecule has 8 nitrogen and oxygen atoms in total. The third-order valence-corrected chi connectivity index (χ3v) is 4.48. The average Bonchev–Trinajstić information content (AvgIpc) is 2.66. The topological polar surface area (TPSA) is 103 Å². The smallest absolute Gasteiger partial charge is 0.222 e. The number of piperidine rings is 1. The molecule has 0 radical (unpaired) electrons. The van der Waals surface area contributed by atoms with Crippen LogP contribution in [0.25, 0.3) is 11.3 Å². The van der Waals surface area contributed by atoms with Gasteiger partial charge in [-0.15, -0.1) is 0 Å². The van der Waals surface area contributed by atoms with Crippen molar-refractivity contribution in [3.05, 3.63) is 18.2 Å². The molecule has 0 bridgehead atoms. The highest BCUT2D eigenvalue weighted by atomic mass is 16.5. The van der Waals surface area contributed by atoms with Crippen molar-refractivity contribution in [1.29, 1.82) is 0 Å². The molecule has 1 fully saturated rings. The minimum Gasteiger partial charge on any atom is -0.493 e. The molecule has 1 saturated heterocycles. The zero-order valence-electron chi connectivity index (χ0n) is 15.2. The molecular weight excluding hydrogens is 336 g/mol. The summed E-state index contributed by atoms with van der Waals surface area (Å²) in [6, 6.07) is 5.54. The van der Waals surface area contributed by atoms with Crippen molar-refractivity contribution in [1.82, 2.24) is 9.97 Å². The monoisotopic (exact) mass is 360 g/mol. The summed E-state index contributed by atoms with van der Waals surface area (Å²) in [4.78, 5) is 10.8. The third-order valence-electron chi connectivity index (χ3n) is 4.48. The lowest BCUT2D eigenvalue weighted by Gasteiger charge is -2.30. The summed E-state index contributed by atoms with van der Waals surface area (Å²) in [6.45, 7) is 1.46. The Kier molecular flexibility index (Phi) is 5.32. The number of hydrogen-bond donors (Lipinski definition) is 2. The summed E-state index contributed by atoms with van der Waals surface area (Å²) in [5, 5.41) is 9.70. The van der Waals surface area contributed by atoms with E-state index in [4.69, 9.17) is 19.9 Å². The molecule has 0 aliphatic carbocycles. The van der Waals surface area contributed by atoms with Crippen LogP contribution >= 0.6 is 0 Å². The van der Waals surface area contributed by atoms with Crippen LogP contribution in [0.5, 0.6) is 17.2 Å². The summed E-state index contributed by atoms with van der Waals surface area (Å²) in [5.41, 5.74) is 7.39. The highest BCUT2D eigenvalue weighted by Gasteiger charge is 2.20. The summed E-state index contributed by atoms with van der Waals surface area (Å²) >= 11 is 0. The Labute approximate surface area is 152 Å². The summed E-state index contributed by atoms with van der Waals surface area (Å²) in [7, 11) is 4.70. The molecular formula is C18H24N4O4. The van der Waals surface area contributed by atoms with Gasteiger partial charge in [0.25, 0.3) is 0 Å². The van der Waals surface area contributed by atoms with Gasteiger partial charge in [0, 0.05) is 24.7 Å². The lowest BCUT2D eigenvalue weighted by atomic mass is 10.1. The number of methoxy groups -OCH3 is 3. The molecule has 140 valence electrons. The van der Waals surface area contributed by atoms with E-state index in [1.807, 2.05) is 18.2 Å². The minimum atomic E-state index is -0.250. The van der Waals surface area contributed by atoms with Gasteiger partial charge in [0.15, 0.2) is 11.5 Å². The number of rotatable bonds is 5. The predicted molar refractivity (Wildman–Crippen MR) is 99.0 cm³/mol. The van der Waals surface area contributed by atoms with Crippen LogP contribution in [0.2, 0.25) is 0 Å². The maximum atomic E-state index is 9.70. The Morgan fingerprint density at radius 3 is 2.15 bits per heavy atom. The van der Waals surface area contributed by atoms with Crippen molar-refractivity contribution >= 4 is 11.8 Å². The molecule has 2 heterocycles. The van der Waals surface area contributed by atoms with E-state index in [1.54, 1.807) is 21.3 Å². The normalized spacial score (nSPS) is 15.0. The number of nitrogens with two attached hydrogens (primary N) is 1. The van der Waals surface area contributed by atoms with Gasteiger partial charge in [-0.25, -0.2) is 4.98 Å². The second-order valence-electron chi connectivity index (χ2n) is 6.10. The maximum Gasteiger partial charge on any atom is 0.222 e. The lowest BCUT2D eigenvalue weighted by Crippen LogP contribution is -2.36. The molecule has 0 atom stereocenters. The van der Waals surface area contributed by atoms with Gasteiger partial charge < -0.3 is 30.0 Å². The molecule has 1 aliphatic heterocycles. The number of nitrogens with zero attached hydrogens (tertiary/aromatic N) is 3. The van der Waals surface area contributed by atoms with Crippen molar-refractivity contribution < 1.29 is 19.3 Å². The highest BCUT2D eigenvalue weighted by Crippen LogP contribution is 2.41. The van der Waals surface area contributed by atoms with E-state index in [2.05, 4.69) is 14.9 Å². The van der Waals surface area contributed by atoms with Gasteiger partial charge in [-0.3, -0.25) is 0 Å². The molecule has 1 aromatic heterocycles. The van der Waals surface area contributed by atoms with Gasteiger partial charge in [0.2, 0.25) is 11.7 Å². The van der Waals surface area contributed by atoms with Crippen LogP contribution in [0.15, 0.2) is 18.2 Å². The fourth-order valence-corrected chi connectivity index (χ4v) is 3.09. The third kappa shape index (κ3) is 3.60. The summed E-state index contributed by atoms with van der Waals surface area (Å²) < 4.78 is 16.2. The van der Waals surface area contributed by atoms with E-state index >= 15 is 0 Å². The second-order valence-corrected chi connectivity index (χ2v) is 6.10. The summed E-state index contributed by atoms with van der Waals surface area (Å²) in [5.74, 6) is 2.54. The maximum absolute atomic E-state index is 9.70. The lowest BCUT2D eigenvalue weighted by molar-refractivity contribution is 0.145. The van der Waals surface area contributed by atoms with Gasteiger partial charge in [0.05, 0.1) is 33.1 Å². The van der Waals surface area contributed by atoms with E-state index in [0.717, 1.165) is 24.5 Å². The molecule has 1 aliphatic rings. The van der Waals surface area contributed by atoms with Crippen LogP contribution in [0.3, 0.4) is 0 Å². The van der Waals surface area contributed by atoms with Gasteiger partial charge >= 0.3 is 0 Å². The van der Waals surface area contributed by atoms with Crippen LogP contribution in [0, 0.1) is 0 Å². The molecule has 3 rings (SSSR count). The number of hydrogen-bond acceptors (Lipinski definition) is 8. The summed E-state index contributed by atoms with van der Waals surface area (Å²) in [6.07, 6.45) is 1.17. The van der Waals surface area contributed by atoms with Crippen LogP contribution in [-0.4, -0.2) is 55.6 Å². The zero-order chi connectivity index (χ0) is 18.7. The minimum absolute atomic E-state index is 0.192. The Bertz CT molecular complexity index is 751. The Morgan fingerprint density at radius 2 is 1.62 bits per heavy atom. The number of aliphatic hydroxyl groups is 1. The standard InChI is InChI=1S/C18H24N4O4/c1-24-14-8-11(9-15(25-2)17(14)26-3)13-10-16(21-18(19)20-13)22-6-4-12(23)5-7-22/h8-10,12,23H,4-7H2,1-3H3,(H2,19,20,21). The Balaban J connectivity index is 2.01. The van der Waals surface area contributed by atoms with Crippen molar-refractivity contribution in [2.24, 2.45) is 0 Å². The van der Waals surface area contributed by atoms with E-state index in [1.165, 1.54) is 0 Å². The number of ether oxygens (including phenoxy) is 3. The van der Waals surface area contributed by atoms with Crippen LogP contribution in [-0.2, 0) is 0 Å². The zero-order valence-corrected chi connectivity index (χ0v) is 15.2. The fraction of sp³-hybridized carbons (Fsp3) is 0.444. The SMILES string of the molecule is COc1cc(-c2cc(N3CCC(O)CC3)nc(N)n2)cc(OC)c1OC. The van der Waals surface area contributed by atoms with E-state index in [0.29, 0.717) is 35.8 Å². The highest BCUT2D eigenvalue weighted by molar-refractivity contribution is 5.71. The number of anilines is 2. The molecule has 0 amide bonds. The van der Waals surface area contributed by atoms with Crippen LogP contribution < -0.4 is 24.8 Å². The van der Waals surface area contributed by atoms with Gasteiger partial charge in [-0.2, -0.15) is 4.98 Å². The molecule has 0 unspecified atom stereocenters. The van der Waals surface area contributed by atoms with Crippen molar-refractivity contribution in [3.8, 4) is 28.5 Å². The number of aromatic nitrogens is 2. The van der Waals surface area contributed by atoms with Crippen LogP contribution in [0.1, 0.15) is 12.8 Å². The van der Waals surface area contributed by atoms with Crippen molar-refractivity contribution in [2.45, 2.75) is 18.9 Å². The average molecular weight is 360 g/mol. The number of nitrogen functional groups attached to an aromatic ring is 1. The molecule has 8 heteroatoms.